The highest BCUT2D eigenvalue weighted by atomic mass is 16.5. The van der Waals surface area contributed by atoms with Crippen LogP contribution in [0.1, 0.15) is 35.8 Å². The topological polar surface area (TPSA) is 65.6 Å². The number of morpholine rings is 1. The zero-order valence-corrected chi connectivity index (χ0v) is 14.6. The molecule has 0 aromatic carbocycles. The zero-order valence-electron chi connectivity index (χ0n) is 14.6. The van der Waals surface area contributed by atoms with Crippen LogP contribution in [0, 0.1) is 12.8 Å². The van der Waals surface area contributed by atoms with Crippen LogP contribution in [-0.2, 0) is 4.74 Å². The van der Waals surface area contributed by atoms with E-state index in [1.165, 1.54) is 6.07 Å². The average Bonchev–Trinajstić information content (AvgIpc) is 2.60. The molecule has 24 heavy (non-hydrogen) atoms. The van der Waals surface area contributed by atoms with E-state index in [0.29, 0.717) is 17.5 Å². The van der Waals surface area contributed by atoms with Crippen LogP contribution in [0.15, 0.2) is 16.9 Å². The van der Waals surface area contributed by atoms with E-state index in [1.54, 1.807) is 13.0 Å². The fourth-order valence-corrected chi connectivity index (χ4v) is 3.86. The number of likely N-dealkylation sites (tertiary alicyclic amines) is 1. The second-order valence-corrected chi connectivity index (χ2v) is 6.93. The van der Waals surface area contributed by atoms with Crippen molar-refractivity contribution in [1.29, 1.82) is 0 Å². The fourth-order valence-electron chi connectivity index (χ4n) is 3.86. The third-order valence-corrected chi connectivity index (χ3v) is 5.36. The van der Waals surface area contributed by atoms with Crippen molar-refractivity contribution < 1.29 is 9.53 Å². The van der Waals surface area contributed by atoms with E-state index in [2.05, 4.69) is 16.8 Å². The summed E-state index contributed by atoms with van der Waals surface area (Å²) < 4.78 is 5.43. The Hall–Kier alpha value is -1.66. The fraction of sp³-hybridized carbons (Fsp3) is 0.667. The molecule has 1 N–H and O–H groups in total. The third-order valence-electron chi connectivity index (χ3n) is 5.36. The summed E-state index contributed by atoms with van der Waals surface area (Å²) in [5.41, 5.74) is 1.01. The number of aromatic nitrogens is 1. The van der Waals surface area contributed by atoms with Crippen molar-refractivity contribution >= 4 is 5.91 Å². The molecule has 6 nitrogen and oxygen atoms in total. The number of H-pyrrole nitrogens is 1. The molecule has 1 atom stereocenters. The second-order valence-electron chi connectivity index (χ2n) is 6.93. The maximum absolute atomic E-state index is 12.6. The first-order valence-electron chi connectivity index (χ1n) is 8.86. The maximum atomic E-state index is 12.6. The van der Waals surface area contributed by atoms with Gasteiger partial charge in [0.05, 0.1) is 13.2 Å². The van der Waals surface area contributed by atoms with Gasteiger partial charge in [-0.1, -0.05) is 0 Å². The quantitative estimate of drug-likeness (QED) is 0.904. The standard InChI is InChI=1S/C18H27N3O3/c1-13-11-16(12-17(22)19-13)18(23)21-5-3-15(4-6-21)14(2)20-7-9-24-10-8-20/h11-12,14-15H,3-10H2,1-2H3,(H,19,22)/t14-/m0/s1. The predicted molar refractivity (Wildman–Crippen MR) is 92.3 cm³/mol. The lowest BCUT2D eigenvalue weighted by atomic mass is 9.89. The molecular formula is C18H27N3O3. The van der Waals surface area contributed by atoms with Gasteiger partial charge in [0.1, 0.15) is 0 Å². The summed E-state index contributed by atoms with van der Waals surface area (Å²) in [6.07, 6.45) is 2.04. The lowest BCUT2D eigenvalue weighted by Gasteiger charge is -2.41. The second kappa shape index (κ2) is 7.49. The Morgan fingerprint density at radius 2 is 1.88 bits per heavy atom. The minimum Gasteiger partial charge on any atom is -0.379 e. The number of amides is 1. The van der Waals surface area contributed by atoms with Crippen molar-refractivity contribution in [2.24, 2.45) is 5.92 Å². The van der Waals surface area contributed by atoms with Gasteiger partial charge in [0.2, 0.25) is 5.56 Å². The Labute approximate surface area is 142 Å². The first kappa shape index (κ1) is 17.2. The Morgan fingerprint density at radius 3 is 2.50 bits per heavy atom. The van der Waals surface area contributed by atoms with E-state index in [9.17, 15) is 9.59 Å². The van der Waals surface area contributed by atoms with E-state index in [1.807, 2.05) is 4.90 Å². The Kier molecular flexibility index (Phi) is 5.36. The summed E-state index contributed by atoms with van der Waals surface area (Å²) in [7, 11) is 0. The molecule has 0 bridgehead atoms. The molecule has 1 amide bonds. The van der Waals surface area contributed by atoms with Crippen LogP contribution in [0.3, 0.4) is 0 Å². The molecule has 3 heterocycles. The number of piperidine rings is 1. The van der Waals surface area contributed by atoms with Gasteiger partial charge < -0.3 is 14.6 Å². The SMILES string of the molecule is Cc1cc(C(=O)N2CCC([C@H](C)N3CCOCC3)CC2)cc(=O)[nH]1. The Bertz CT molecular complexity index is 629. The average molecular weight is 333 g/mol. The molecule has 2 aliphatic rings. The van der Waals surface area contributed by atoms with Gasteiger partial charge in [-0.25, -0.2) is 0 Å². The first-order valence-corrected chi connectivity index (χ1v) is 8.86. The summed E-state index contributed by atoms with van der Waals surface area (Å²) >= 11 is 0. The number of nitrogens with zero attached hydrogens (tertiary/aromatic N) is 2. The number of hydrogen-bond donors (Lipinski definition) is 1. The lowest BCUT2D eigenvalue weighted by Crippen LogP contribution is -2.49. The minimum absolute atomic E-state index is 0.0262. The third kappa shape index (κ3) is 3.87. The van der Waals surface area contributed by atoms with Gasteiger partial charge in [-0.15, -0.1) is 0 Å². The molecule has 0 radical (unpaired) electrons. The molecule has 6 heteroatoms. The van der Waals surface area contributed by atoms with Crippen LogP contribution < -0.4 is 5.56 Å². The molecular weight excluding hydrogens is 306 g/mol. The molecule has 132 valence electrons. The van der Waals surface area contributed by atoms with Crippen LogP contribution in [0.4, 0.5) is 0 Å². The van der Waals surface area contributed by atoms with E-state index in [-0.39, 0.29) is 11.5 Å². The van der Waals surface area contributed by atoms with Crippen molar-refractivity contribution in [3.05, 3.63) is 33.7 Å². The largest absolute Gasteiger partial charge is 0.379 e. The molecule has 0 aliphatic carbocycles. The smallest absolute Gasteiger partial charge is 0.254 e. The normalized spacial score (nSPS) is 21.7. The van der Waals surface area contributed by atoms with E-state index in [4.69, 9.17) is 4.74 Å². The summed E-state index contributed by atoms with van der Waals surface area (Å²) in [5.74, 6) is 0.592. The van der Waals surface area contributed by atoms with Crippen molar-refractivity contribution in [2.75, 3.05) is 39.4 Å². The summed E-state index contributed by atoms with van der Waals surface area (Å²) in [4.78, 5) is 31.3. The van der Waals surface area contributed by atoms with Gasteiger partial charge in [-0.3, -0.25) is 14.5 Å². The number of nitrogens with one attached hydrogen (secondary N) is 1. The molecule has 2 aliphatic heterocycles. The number of ether oxygens (including phenoxy) is 1. The van der Waals surface area contributed by atoms with Gasteiger partial charge in [0.15, 0.2) is 0 Å². The molecule has 3 rings (SSSR count). The summed E-state index contributed by atoms with van der Waals surface area (Å²) in [6, 6.07) is 3.69. The molecule has 0 saturated carbocycles. The number of carbonyl (C=O) groups is 1. The number of rotatable bonds is 3. The van der Waals surface area contributed by atoms with Crippen LogP contribution in [0.2, 0.25) is 0 Å². The molecule has 2 saturated heterocycles. The molecule has 0 spiro atoms. The van der Waals surface area contributed by atoms with Crippen LogP contribution in [0.5, 0.6) is 0 Å². The van der Waals surface area contributed by atoms with Crippen molar-refractivity contribution in [3.63, 3.8) is 0 Å². The van der Waals surface area contributed by atoms with E-state index >= 15 is 0 Å². The van der Waals surface area contributed by atoms with Gasteiger partial charge >= 0.3 is 0 Å². The number of carbonyl (C=O) groups excluding carboxylic acids is 1. The molecule has 0 unspecified atom stereocenters. The van der Waals surface area contributed by atoms with Gasteiger partial charge in [0.25, 0.3) is 5.91 Å². The van der Waals surface area contributed by atoms with Crippen LogP contribution in [-0.4, -0.2) is 66.1 Å². The van der Waals surface area contributed by atoms with Gasteiger partial charge in [-0.2, -0.15) is 0 Å². The summed E-state index contributed by atoms with van der Waals surface area (Å²) in [6.45, 7) is 9.29. The molecule has 2 fully saturated rings. The summed E-state index contributed by atoms with van der Waals surface area (Å²) in [5, 5.41) is 0. The Balaban J connectivity index is 1.58. The molecule has 1 aromatic rings. The number of aryl methyl sites for hydroxylation is 1. The zero-order chi connectivity index (χ0) is 17.1. The van der Waals surface area contributed by atoms with E-state index in [0.717, 1.165) is 57.9 Å². The highest BCUT2D eigenvalue weighted by Crippen LogP contribution is 2.25. The predicted octanol–water partition coefficient (Wildman–Crippen LogP) is 1.26. The first-order chi connectivity index (χ1) is 11.5. The van der Waals surface area contributed by atoms with Crippen LogP contribution in [0.25, 0.3) is 0 Å². The van der Waals surface area contributed by atoms with Gasteiger partial charge in [0, 0.05) is 49.5 Å². The van der Waals surface area contributed by atoms with Crippen molar-refractivity contribution in [1.82, 2.24) is 14.8 Å². The monoisotopic (exact) mass is 333 g/mol. The van der Waals surface area contributed by atoms with Crippen molar-refractivity contribution in [2.45, 2.75) is 32.7 Å². The van der Waals surface area contributed by atoms with Crippen molar-refractivity contribution in [3.8, 4) is 0 Å². The highest BCUT2D eigenvalue weighted by Gasteiger charge is 2.30. The number of hydrogen-bond acceptors (Lipinski definition) is 4. The number of aromatic amines is 1. The lowest BCUT2D eigenvalue weighted by molar-refractivity contribution is -0.000953. The minimum atomic E-state index is -0.214. The number of pyridine rings is 1. The van der Waals surface area contributed by atoms with Crippen LogP contribution >= 0.6 is 0 Å². The van der Waals surface area contributed by atoms with Gasteiger partial charge in [-0.05, 0) is 38.7 Å². The highest BCUT2D eigenvalue weighted by molar-refractivity contribution is 5.94. The van der Waals surface area contributed by atoms with E-state index < -0.39 is 0 Å². The molecule has 1 aromatic heterocycles. The maximum Gasteiger partial charge on any atom is 0.254 e. The Morgan fingerprint density at radius 1 is 1.21 bits per heavy atom.